The molecule has 2 aromatic rings. The standard InChI is InChI=1S/C21H21ClN2O5/c22-17-9-8-15(13-18(17)24-11-4-7-20(24)26)21(27)29-14-19(25)23-10-12-28-16-5-2-1-3-6-16/h1-3,5-6,8-9,13H,4,7,10-12,14H2,(H,23,25). The zero-order valence-electron chi connectivity index (χ0n) is 15.7. The van der Waals surface area contributed by atoms with Crippen LogP contribution in [-0.2, 0) is 14.3 Å². The van der Waals surface area contributed by atoms with E-state index in [1.165, 1.54) is 12.1 Å². The molecule has 1 saturated heterocycles. The number of amides is 2. The maximum atomic E-state index is 12.3. The van der Waals surface area contributed by atoms with Crippen LogP contribution < -0.4 is 15.0 Å². The van der Waals surface area contributed by atoms with E-state index in [1.54, 1.807) is 11.0 Å². The van der Waals surface area contributed by atoms with Crippen LogP contribution in [0.25, 0.3) is 0 Å². The van der Waals surface area contributed by atoms with E-state index in [-0.39, 0.29) is 18.0 Å². The van der Waals surface area contributed by atoms with Crippen LogP contribution in [-0.4, -0.2) is 44.1 Å². The third-order valence-corrected chi connectivity index (χ3v) is 4.64. The van der Waals surface area contributed by atoms with E-state index in [4.69, 9.17) is 21.1 Å². The average molecular weight is 417 g/mol. The highest BCUT2D eigenvalue weighted by atomic mass is 35.5. The molecule has 7 nitrogen and oxygen atoms in total. The molecule has 152 valence electrons. The molecule has 8 heteroatoms. The maximum Gasteiger partial charge on any atom is 0.338 e. The van der Waals surface area contributed by atoms with Crippen LogP contribution in [0.4, 0.5) is 5.69 Å². The Kier molecular flexibility index (Phi) is 7.08. The van der Waals surface area contributed by atoms with Crippen molar-refractivity contribution in [2.24, 2.45) is 0 Å². The molecule has 1 aliphatic heterocycles. The van der Waals surface area contributed by atoms with Crippen LogP contribution >= 0.6 is 11.6 Å². The van der Waals surface area contributed by atoms with Gasteiger partial charge in [0.25, 0.3) is 5.91 Å². The topological polar surface area (TPSA) is 84.9 Å². The summed E-state index contributed by atoms with van der Waals surface area (Å²) in [5, 5.41) is 3.00. The predicted molar refractivity (Wildman–Crippen MR) is 108 cm³/mol. The third-order valence-electron chi connectivity index (χ3n) is 4.32. The Morgan fingerprint density at radius 2 is 1.93 bits per heavy atom. The first-order chi connectivity index (χ1) is 14.0. The largest absolute Gasteiger partial charge is 0.492 e. The lowest BCUT2D eigenvalue weighted by molar-refractivity contribution is -0.124. The number of ether oxygens (including phenoxy) is 2. The first-order valence-electron chi connectivity index (χ1n) is 9.26. The van der Waals surface area contributed by atoms with E-state index in [9.17, 15) is 14.4 Å². The van der Waals surface area contributed by atoms with Gasteiger partial charge in [-0.15, -0.1) is 0 Å². The molecule has 0 unspecified atom stereocenters. The van der Waals surface area contributed by atoms with Crippen LogP contribution in [0.1, 0.15) is 23.2 Å². The number of carbonyl (C=O) groups excluding carboxylic acids is 3. The number of hydrogen-bond acceptors (Lipinski definition) is 5. The molecule has 2 amide bonds. The van der Waals surface area contributed by atoms with Crippen molar-refractivity contribution in [2.45, 2.75) is 12.8 Å². The van der Waals surface area contributed by atoms with Gasteiger partial charge in [-0.2, -0.15) is 0 Å². The molecule has 0 atom stereocenters. The fraction of sp³-hybridized carbons (Fsp3) is 0.286. The number of para-hydroxylation sites is 1. The van der Waals surface area contributed by atoms with Crippen LogP contribution in [0.5, 0.6) is 5.75 Å². The molecule has 0 aromatic heterocycles. The van der Waals surface area contributed by atoms with Gasteiger partial charge in [-0.3, -0.25) is 9.59 Å². The number of rotatable bonds is 8. The third kappa shape index (κ3) is 5.71. The quantitative estimate of drug-likeness (QED) is 0.528. The highest BCUT2D eigenvalue weighted by Gasteiger charge is 2.24. The summed E-state index contributed by atoms with van der Waals surface area (Å²) in [7, 11) is 0. The van der Waals surface area contributed by atoms with Gasteiger partial charge in [-0.05, 0) is 36.8 Å². The number of anilines is 1. The second-order valence-electron chi connectivity index (χ2n) is 6.40. The van der Waals surface area contributed by atoms with Crippen LogP contribution in [0, 0.1) is 0 Å². The van der Waals surface area contributed by atoms with Gasteiger partial charge in [0.2, 0.25) is 5.91 Å². The molecule has 1 heterocycles. The fourth-order valence-electron chi connectivity index (χ4n) is 2.89. The van der Waals surface area contributed by atoms with Crippen LogP contribution in [0.3, 0.4) is 0 Å². The highest BCUT2D eigenvalue weighted by molar-refractivity contribution is 6.34. The Bertz CT molecular complexity index is 888. The van der Waals surface area contributed by atoms with Crippen molar-refractivity contribution in [3.8, 4) is 5.75 Å². The minimum Gasteiger partial charge on any atom is -0.492 e. The van der Waals surface area contributed by atoms with E-state index in [0.29, 0.717) is 36.0 Å². The van der Waals surface area contributed by atoms with E-state index in [0.717, 1.165) is 6.42 Å². The molecule has 0 saturated carbocycles. The molecular weight excluding hydrogens is 396 g/mol. The average Bonchev–Trinajstić information content (AvgIpc) is 3.16. The Hall–Kier alpha value is -3.06. The minimum atomic E-state index is -0.662. The summed E-state index contributed by atoms with van der Waals surface area (Å²) in [6.45, 7) is 0.733. The number of nitrogens with zero attached hydrogens (tertiary/aromatic N) is 1. The van der Waals surface area contributed by atoms with Crippen LogP contribution in [0.2, 0.25) is 5.02 Å². The van der Waals surface area contributed by atoms with Crippen molar-refractivity contribution in [1.82, 2.24) is 5.32 Å². The second kappa shape index (κ2) is 9.93. The molecule has 3 rings (SSSR count). The number of carbonyl (C=O) groups is 3. The second-order valence-corrected chi connectivity index (χ2v) is 6.81. The van der Waals surface area contributed by atoms with Gasteiger partial charge in [0.05, 0.1) is 22.8 Å². The predicted octanol–water partition coefficient (Wildman–Crippen LogP) is 2.82. The van der Waals surface area contributed by atoms with Crippen molar-refractivity contribution in [1.29, 1.82) is 0 Å². The monoisotopic (exact) mass is 416 g/mol. The Balaban J connectivity index is 1.45. The number of nitrogens with one attached hydrogen (secondary N) is 1. The van der Waals surface area contributed by atoms with Gasteiger partial charge in [0, 0.05) is 13.0 Å². The number of halogens is 1. The molecule has 0 radical (unpaired) electrons. The number of benzene rings is 2. The molecule has 1 fully saturated rings. The van der Waals surface area contributed by atoms with Gasteiger partial charge >= 0.3 is 5.97 Å². The Morgan fingerprint density at radius 3 is 2.66 bits per heavy atom. The van der Waals surface area contributed by atoms with Gasteiger partial charge in [0.1, 0.15) is 12.4 Å². The van der Waals surface area contributed by atoms with E-state index < -0.39 is 18.5 Å². The molecule has 1 aliphatic rings. The van der Waals surface area contributed by atoms with Gasteiger partial charge < -0.3 is 19.7 Å². The van der Waals surface area contributed by atoms with Crippen molar-refractivity contribution in [3.63, 3.8) is 0 Å². The molecule has 0 spiro atoms. The van der Waals surface area contributed by atoms with Crippen LogP contribution in [0.15, 0.2) is 48.5 Å². The van der Waals surface area contributed by atoms with E-state index in [1.807, 2.05) is 30.3 Å². The van der Waals surface area contributed by atoms with Crippen molar-refractivity contribution < 1.29 is 23.9 Å². The molecule has 2 aromatic carbocycles. The zero-order valence-corrected chi connectivity index (χ0v) is 16.5. The van der Waals surface area contributed by atoms with E-state index in [2.05, 4.69) is 5.32 Å². The Labute approximate surface area is 173 Å². The van der Waals surface area contributed by atoms with Gasteiger partial charge in [-0.1, -0.05) is 29.8 Å². The fourth-order valence-corrected chi connectivity index (χ4v) is 3.11. The number of esters is 1. The summed E-state index contributed by atoms with van der Waals surface area (Å²) in [6, 6.07) is 13.8. The SMILES string of the molecule is O=C(COC(=O)c1ccc(Cl)c(N2CCCC2=O)c1)NCCOc1ccccc1. The van der Waals surface area contributed by atoms with Crippen molar-refractivity contribution in [3.05, 3.63) is 59.1 Å². The summed E-state index contributed by atoms with van der Waals surface area (Å²) in [6.07, 6.45) is 1.21. The Morgan fingerprint density at radius 1 is 1.14 bits per heavy atom. The lowest BCUT2D eigenvalue weighted by Gasteiger charge is -2.18. The first kappa shape index (κ1) is 20.7. The molecule has 29 heavy (non-hydrogen) atoms. The highest BCUT2D eigenvalue weighted by Crippen LogP contribution is 2.30. The smallest absolute Gasteiger partial charge is 0.338 e. The normalized spacial score (nSPS) is 13.3. The lowest BCUT2D eigenvalue weighted by atomic mass is 10.2. The first-order valence-corrected chi connectivity index (χ1v) is 9.64. The molecule has 1 N–H and O–H groups in total. The molecular formula is C21H21ClN2O5. The van der Waals surface area contributed by atoms with Gasteiger partial charge in [-0.25, -0.2) is 4.79 Å². The molecule has 0 bridgehead atoms. The maximum absolute atomic E-state index is 12.3. The zero-order chi connectivity index (χ0) is 20.6. The van der Waals surface area contributed by atoms with Crippen molar-refractivity contribution in [2.75, 3.05) is 31.2 Å². The minimum absolute atomic E-state index is 0.0329. The lowest BCUT2D eigenvalue weighted by Crippen LogP contribution is -2.32. The van der Waals surface area contributed by atoms with E-state index >= 15 is 0 Å². The number of hydrogen-bond donors (Lipinski definition) is 1. The summed E-state index contributed by atoms with van der Waals surface area (Å²) in [4.78, 5) is 37.6. The van der Waals surface area contributed by atoms with Gasteiger partial charge in [0.15, 0.2) is 6.61 Å². The molecule has 0 aliphatic carbocycles. The summed E-state index contributed by atoms with van der Waals surface area (Å²) < 4.78 is 10.5. The summed E-state index contributed by atoms with van der Waals surface area (Å²) >= 11 is 6.17. The van der Waals surface area contributed by atoms with Crippen molar-refractivity contribution >= 4 is 35.1 Å². The summed E-state index contributed by atoms with van der Waals surface area (Å²) in [5.74, 6) is -0.415. The summed E-state index contributed by atoms with van der Waals surface area (Å²) in [5.41, 5.74) is 0.704.